The highest BCUT2D eigenvalue weighted by molar-refractivity contribution is 7.08. The predicted octanol–water partition coefficient (Wildman–Crippen LogP) is 3.67. The van der Waals surface area contributed by atoms with Crippen LogP contribution in [0.5, 0.6) is 0 Å². The van der Waals surface area contributed by atoms with Crippen LogP contribution in [-0.4, -0.2) is 29.9 Å². The average molecular weight is 454 g/mol. The molecule has 0 aliphatic carbocycles. The number of nitrogens with one attached hydrogen (secondary N) is 3. The summed E-state index contributed by atoms with van der Waals surface area (Å²) in [6.45, 7) is 0.649. The third kappa shape index (κ3) is 4.77. The van der Waals surface area contributed by atoms with Gasteiger partial charge >= 0.3 is 0 Å². The number of carbonyl (C=O) groups excluding carboxylic acids is 2. The van der Waals surface area contributed by atoms with E-state index in [4.69, 9.17) is 17.3 Å². The maximum absolute atomic E-state index is 12.8. The van der Waals surface area contributed by atoms with E-state index in [0.717, 1.165) is 16.8 Å². The number of hydrogen-bond acceptors (Lipinski definition) is 6. The molecule has 1 aromatic carbocycles. The van der Waals surface area contributed by atoms with Gasteiger partial charge in [-0.1, -0.05) is 11.6 Å². The number of aromatic nitrogens is 1. The van der Waals surface area contributed by atoms with Gasteiger partial charge in [-0.3, -0.25) is 14.6 Å². The van der Waals surface area contributed by atoms with Gasteiger partial charge in [-0.15, -0.1) is 0 Å². The van der Waals surface area contributed by atoms with E-state index in [1.807, 2.05) is 22.9 Å². The summed E-state index contributed by atoms with van der Waals surface area (Å²) >= 11 is 7.81. The number of carbonyl (C=O) groups is 2. The first-order valence-corrected chi connectivity index (χ1v) is 10.9. The van der Waals surface area contributed by atoms with Crippen molar-refractivity contribution in [3.8, 4) is 0 Å². The van der Waals surface area contributed by atoms with Gasteiger partial charge in [-0.05, 0) is 52.7 Å². The lowest BCUT2D eigenvalue weighted by atomic mass is 10.1. The number of thiophene rings is 1. The SMILES string of the molecule is NCC(NC(=O)c1ccc(Cl)c(NC(=O)C2=Cc3cnccc3NC2)c1)c1ccsc1. The highest BCUT2D eigenvalue weighted by Gasteiger charge is 2.19. The minimum Gasteiger partial charge on any atom is -0.380 e. The fourth-order valence-corrected chi connectivity index (χ4v) is 4.09. The zero-order valence-corrected chi connectivity index (χ0v) is 18.0. The summed E-state index contributed by atoms with van der Waals surface area (Å²) in [4.78, 5) is 29.6. The molecule has 4 rings (SSSR count). The number of nitrogens with two attached hydrogens (primary N) is 1. The first-order valence-electron chi connectivity index (χ1n) is 9.57. The molecule has 0 saturated heterocycles. The Balaban J connectivity index is 1.50. The van der Waals surface area contributed by atoms with Crippen molar-refractivity contribution in [1.29, 1.82) is 0 Å². The molecule has 2 amide bonds. The number of benzene rings is 1. The molecule has 0 fully saturated rings. The molecule has 1 aliphatic heterocycles. The van der Waals surface area contributed by atoms with Gasteiger partial charge in [0.05, 0.1) is 16.8 Å². The number of pyridine rings is 1. The number of nitrogens with zero attached hydrogens (tertiary/aromatic N) is 1. The molecule has 0 radical (unpaired) electrons. The Morgan fingerprint density at radius 2 is 2.13 bits per heavy atom. The van der Waals surface area contributed by atoms with Crippen molar-refractivity contribution < 1.29 is 9.59 Å². The lowest BCUT2D eigenvalue weighted by Gasteiger charge is -2.19. The molecule has 5 N–H and O–H groups in total. The van der Waals surface area contributed by atoms with Crippen LogP contribution in [0.3, 0.4) is 0 Å². The second-order valence-corrected chi connectivity index (χ2v) is 8.14. The van der Waals surface area contributed by atoms with Crippen LogP contribution in [0.25, 0.3) is 6.08 Å². The van der Waals surface area contributed by atoms with Crippen LogP contribution in [0.1, 0.15) is 27.5 Å². The van der Waals surface area contributed by atoms with Crippen LogP contribution < -0.4 is 21.7 Å². The standard InChI is InChI=1S/C22H20ClN5O2S/c23-17-2-1-13(21(29)28-20(9-24)14-4-6-31-12-14)8-19(17)27-22(30)16-7-15-10-25-5-3-18(15)26-11-16/h1-8,10,12,20,26H,9,11,24H2,(H,27,30)(H,28,29). The fraction of sp³-hybridized carbons (Fsp3) is 0.136. The van der Waals surface area contributed by atoms with Gasteiger partial charge < -0.3 is 21.7 Å². The summed E-state index contributed by atoms with van der Waals surface area (Å²) in [5.74, 6) is -0.605. The van der Waals surface area contributed by atoms with Crippen molar-refractivity contribution in [2.75, 3.05) is 23.7 Å². The van der Waals surface area contributed by atoms with Crippen LogP contribution in [-0.2, 0) is 4.79 Å². The average Bonchev–Trinajstić information content (AvgIpc) is 3.33. The lowest BCUT2D eigenvalue weighted by Crippen LogP contribution is -2.33. The molecule has 1 unspecified atom stereocenters. The summed E-state index contributed by atoms with van der Waals surface area (Å²) in [7, 11) is 0. The van der Waals surface area contributed by atoms with Crippen molar-refractivity contribution in [3.63, 3.8) is 0 Å². The number of fused-ring (bicyclic) bond motifs is 1. The van der Waals surface area contributed by atoms with Gasteiger partial charge in [-0.25, -0.2) is 0 Å². The molecule has 31 heavy (non-hydrogen) atoms. The van der Waals surface area contributed by atoms with Gasteiger partial charge in [0.25, 0.3) is 11.8 Å². The maximum Gasteiger partial charge on any atom is 0.253 e. The normalized spacial score (nSPS) is 13.4. The van der Waals surface area contributed by atoms with E-state index in [9.17, 15) is 9.59 Å². The highest BCUT2D eigenvalue weighted by atomic mass is 35.5. The van der Waals surface area contributed by atoms with Crippen LogP contribution in [0.2, 0.25) is 5.02 Å². The number of hydrogen-bond donors (Lipinski definition) is 4. The molecule has 158 valence electrons. The second-order valence-electron chi connectivity index (χ2n) is 6.95. The van der Waals surface area contributed by atoms with Gasteiger partial charge in [0.2, 0.25) is 0 Å². The number of anilines is 2. The van der Waals surface area contributed by atoms with E-state index in [-0.39, 0.29) is 24.4 Å². The van der Waals surface area contributed by atoms with Crippen LogP contribution in [0, 0.1) is 0 Å². The summed E-state index contributed by atoms with van der Waals surface area (Å²) in [6.07, 6.45) is 5.16. The Morgan fingerprint density at radius 3 is 2.90 bits per heavy atom. The van der Waals surface area contributed by atoms with Crippen molar-refractivity contribution in [2.45, 2.75) is 6.04 Å². The Labute approximate surface area is 188 Å². The smallest absolute Gasteiger partial charge is 0.253 e. The first kappa shape index (κ1) is 21.0. The summed E-state index contributed by atoms with van der Waals surface area (Å²) in [6, 6.07) is 8.24. The highest BCUT2D eigenvalue weighted by Crippen LogP contribution is 2.26. The molecule has 3 aromatic rings. The zero-order valence-electron chi connectivity index (χ0n) is 16.4. The molecule has 2 aromatic heterocycles. The molecule has 0 spiro atoms. The van der Waals surface area contributed by atoms with Crippen LogP contribution >= 0.6 is 22.9 Å². The summed E-state index contributed by atoms with van der Waals surface area (Å²) in [5, 5.41) is 13.1. The van der Waals surface area contributed by atoms with E-state index < -0.39 is 0 Å². The topological polar surface area (TPSA) is 109 Å². The summed E-state index contributed by atoms with van der Waals surface area (Å²) in [5.41, 5.74) is 9.79. The second kappa shape index (κ2) is 9.30. The van der Waals surface area contributed by atoms with E-state index in [0.29, 0.717) is 28.4 Å². The van der Waals surface area contributed by atoms with Gasteiger partial charge in [0, 0.05) is 47.9 Å². The molecule has 1 atom stereocenters. The Kier molecular flexibility index (Phi) is 6.31. The largest absolute Gasteiger partial charge is 0.380 e. The zero-order chi connectivity index (χ0) is 21.8. The van der Waals surface area contributed by atoms with Gasteiger partial charge in [-0.2, -0.15) is 11.3 Å². The molecule has 7 nitrogen and oxygen atoms in total. The van der Waals surface area contributed by atoms with Gasteiger partial charge in [0.1, 0.15) is 0 Å². The Bertz CT molecular complexity index is 1150. The third-order valence-corrected chi connectivity index (χ3v) is 5.94. The molecule has 0 saturated carbocycles. The van der Waals surface area contributed by atoms with E-state index in [1.54, 1.807) is 48.0 Å². The van der Waals surface area contributed by atoms with Crippen molar-refractivity contribution >= 4 is 52.2 Å². The Hall–Kier alpha value is -3.20. The minimum absolute atomic E-state index is 0.275. The molecule has 0 bridgehead atoms. The van der Waals surface area contributed by atoms with Crippen LogP contribution in [0.4, 0.5) is 11.4 Å². The van der Waals surface area contributed by atoms with E-state index in [1.165, 1.54) is 0 Å². The van der Waals surface area contributed by atoms with Gasteiger partial charge in [0.15, 0.2) is 0 Å². The van der Waals surface area contributed by atoms with Crippen molar-refractivity contribution in [3.05, 3.63) is 80.8 Å². The number of amides is 2. The lowest BCUT2D eigenvalue weighted by molar-refractivity contribution is -0.112. The quantitative estimate of drug-likeness (QED) is 0.455. The van der Waals surface area contributed by atoms with Crippen molar-refractivity contribution in [2.24, 2.45) is 5.73 Å². The van der Waals surface area contributed by atoms with Crippen molar-refractivity contribution in [1.82, 2.24) is 10.3 Å². The summed E-state index contributed by atoms with van der Waals surface area (Å²) < 4.78 is 0. The van der Waals surface area contributed by atoms with Crippen LogP contribution in [0.15, 0.2) is 59.1 Å². The monoisotopic (exact) mass is 453 g/mol. The third-order valence-electron chi connectivity index (χ3n) is 4.91. The molecule has 3 heterocycles. The molecule has 9 heteroatoms. The predicted molar refractivity (Wildman–Crippen MR) is 124 cm³/mol. The van der Waals surface area contributed by atoms with E-state index in [2.05, 4.69) is 20.9 Å². The molecular formula is C22H20ClN5O2S. The maximum atomic E-state index is 12.8. The Morgan fingerprint density at radius 1 is 1.26 bits per heavy atom. The minimum atomic E-state index is -0.306. The molecule has 1 aliphatic rings. The first-order chi connectivity index (χ1) is 15.0. The van der Waals surface area contributed by atoms with E-state index >= 15 is 0 Å². The fourth-order valence-electron chi connectivity index (χ4n) is 3.22. The number of halogens is 1. The number of rotatable bonds is 6. The molecular weight excluding hydrogens is 434 g/mol.